The summed E-state index contributed by atoms with van der Waals surface area (Å²) in [4.78, 5) is 11.4. The van der Waals surface area contributed by atoms with Gasteiger partial charge in [-0.3, -0.25) is 0 Å². The van der Waals surface area contributed by atoms with E-state index in [1.807, 2.05) is 6.92 Å². The first-order chi connectivity index (χ1) is 9.34. The molecule has 1 atom stereocenters. The summed E-state index contributed by atoms with van der Waals surface area (Å²) >= 11 is 0. The van der Waals surface area contributed by atoms with E-state index in [2.05, 4.69) is 9.46 Å². The summed E-state index contributed by atoms with van der Waals surface area (Å²) in [5.74, 6) is -0.675. The minimum Gasteiger partial charge on any atom is -0.465 e. The molecular formula is C13H20N2O4S. The first-order valence-corrected chi connectivity index (χ1v) is 7.89. The number of hydrogen-bond acceptors (Lipinski definition) is 5. The predicted molar refractivity (Wildman–Crippen MR) is 76.7 cm³/mol. The summed E-state index contributed by atoms with van der Waals surface area (Å²) in [6, 6.07) is 6.30. The molecule has 0 saturated carbocycles. The van der Waals surface area contributed by atoms with Crippen molar-refractivity contribution in [1.29, 1.82) is 0 Å². The fourth-order valence-corrected chi connectivity index (χ4v) is 2.77. The van der Waals surface area contributed by atoms with Gasteiger partial charge in [-0.05, 0) is 31.0 Å². The van der Waals surface area contributed by atoms with Gasteiger partial charge in [-0.2, -0.15) is 0 Å². The number of esters is 1. The van der Waals surface area contributed by atoms with Gasteiger partial charge in [0.1, 0.15) is 0 Å². The van der Waals surface area contributed by atoms with E-state index < -0.39 is 16.0 Å². The van der Waals surface area contributed by atoms with Gasteiger partial charge in [0.25, 0.3) is 0 Å². The van der Waals surface area contributed by atoms with Gasteiger partial charge in [-0.15, -0.1) is 0 Å². The average Bonchev–Trinajstić information content (AvgIpc) is 2.36. The van der Waals surface area contributed by atoms with E-state index in [0.717, 1.165) is 0 Å². The van der Waals surface area contributed by atoms with Crippen LogP contribution >= 0.6 is 0 Å². The topological polar surface area (TPSA) is 98.5 Å². The first-order valence-electron chi connectivity index (χ1n) is 6.24. The number of benzene rings is 1. The minimum absolute atomic E-state index is 0.0552. The van der Waals surface area contributed by atoms with Crippen LogP contribution in [0.3, 0.4) is 0 Å². The summed E-state index contributed by atoms with van der Waals surface area (Å²) in [5.41, 5.74) is 6.41. The Balaban J connectivity index is 2.70. The van der Waals surface area contributed by atoms with E-state index in [1.54, 1.807) is 18.2 Å². The van der Waals surface area contributed by atoms with Crippen molar-refractivity contribution in [2.75, 3.05) is 13.7 Å². The van der Waals surface area contributed by atoms with Crippen LogP contribution in [0.1, 0.15) is 29.3 Å². The van der Waals surface area contributed by atoms with Crippen molar-refractivity contribution in [2.24, 2.45) is 5.73 Å². The van der Waals surface area contributed by atoms with E-state index >= 15 is 0 Å². The molecule has 0 bridgehead atoms. The van der Waals surface area contributed by atoms with E-state index in [-0.39, 0.29) is 11.8 Å². The van der Waals surface area contributed by atoms with Crippen LogP contribution in [-0.2, 0) is 20.5 Å². The Hall–Kier alpha value is -1.44. The molecule has 0 aromatic heterocycles. The molecule has 0 amide bonds. The van der Waals surface area contributed by atoms with Gasteiger partial charge < -0.3 is 10.5 Å². The Morgan fingerprint density at radius 2 is 2.15 bits per heavy atom. The number of rotatable bonds is 7. The van der Waals surface area contributed by atoms with Crippen molar-refractivity contribution in [3.63, 3.8) is 0 Å². The maximum atomic E-state index is 11.9. The number of sulfonamides is 1. The summed E-state index contributed by atoms with van der Waals surface area (Å²) in [6.45, 7) is 2.12. The lowest BCUT2D eigenvalue weighted by molar-refractivity contribution is 0.0600. The molecule has 112 valence electrons. The highest BCUT2D eigenvalue weighted by molar-refractivity contribution is 7.88. The summed E-state index contributed by atoms with van der Waals surface area (Å²) < 4.78 is 30.8. The molecule has 1 rings (SSSR count). The van der Waals surface area contributed by atoms with Crippen molar-refractivity contribution in [3.05, 3.63) is 35.4 Å². The standard InChI is InChI=1S/C13H20N2O4S/c1-10(14)6-7-15-20(17,18)9-11-4-3-5-12(8-11)13(16)19-2/h3-5,8,10,15H,6-7,9,14H2,1-2H3. The molecule has 1 aromatic rings. The second kappa shape index (κ2) is 7.37. The lowest BCUT2D eigenvalue weighted by Gasteiger charge is -2.09. The lowest BCUT2D eigenvalue weighted by atomic mass is 10.1. The molecule has 1 unspecified atom stereocenters. The van der Waals surface area contributed by atoms with Gasteiger partial charge in [0.05, 0.1) is 18.4 Å². The smallest absolute Gasteiger partial charge is 0.337 e. The Bertz CT molecular complexity index is 555. The summed E-state index contributed by atoms with van der Waals surface area (Å²) in [6.07, 6.45) is 0.571. The van der Waals surface area contributed by atoms with Crippen LogP contribution in [0.2, 0.25) is 0 Å². The summed E-state index contributed by atoms with van der Waals surface area (Å²) in [7, 11) is -2.16. The van der Waals surface area contributed by atoms with E-state index in [4.69, 9.17) is 5.73 Å². The molecule has 0 radical (unpaired) electrons. The number of carbonyl (C=O) groups excluding carboxylic acids is 1. The van der Waals surface area contributed by atoms with Crippen LogP contribution in [0.25, 0.3) is 0 Å². The van der Waals surface area contributed by atoms with Crippen molar-refractivity contribution in [1.82, 2.24) is 4.72 Å². The summed E-state index contributed by atoms with van der Waals surface area (Å²) in [5, 5.41) is 0. The molecule has 20 heavy (non-hydrogen) atoms. The van der Waals surface area contributed by atoms with Crippen LogP contribution in [0, 0.1) is 0 Å². The second-order valence-electron chi connectivity index (χ2n) is 4.61. The van der Waals surface area contributed by atoms with Gasteiger partial charge in [-0.25, -0.2) is 17.9 Å². The molecular weight excluding hydrogens is 280 g/mol. The van der Waals surface area contributed by atoms with E-state index in [0.29, 0.717) is 24.1 Å². The quantitative estimate of drug-likeness (QED) is 0.720. The van der Waals surface area contributed by atoms with Crippen LogP contribution in [-0.4, -0.2) is 34.1 Å². The molecule has 7 heteroatoms. The Kier molecular flexibility index (Phi) is 6.12. The number of hydrogen-bond donors (Lipinski definition) is 2. The lowest BCUT2D eigenvalue weighted by Crippen LogP contribution is -2.30. The van der Waals surface area contributed by atoms with Crippen molar-refractivity contribution >= 4 is 16.0 Å². The highest BCUT2D eigenvalue weighted by Gasteiger charge is 2.13. The largest absolute Gasteiger partial charge is 0.465 e. The highest BCUT2D eigenvalue weighted by Crippen LogP contribution is 2.09. The molecule has 3 N–H and O–H groups in total. The fraction of sp³-hybridized carbons (Fsp3) is 0.462. The molecule has 0 heterocycles. The van der Waals surface area contributed by atoms with E-state index in [9.17, 15) is 13.2 Å². The normalized spacial score (nSPS) is 12.9. The predicted octanol–water partition coefficient (Wildman–Crippen LogP) is 0.630. The minimum atomic E-state index is -3.44. The third-order valence-electron chi connectivity index (χ3n) is 2.63. The molecule has 0 spiro atoms. The Morgan fingerprint density at radius 1 is 1.45 bits per heavy atom. The molecule has 0 fully saturated rings. The SMILES string of the molecule is COC(=O)c1cccc(CS(=O)(=O)NCCC(C)N)c1. The van der Waals surface area contributed by atoms with Gasteiger partial charge in [-0.1, -0.05) is 12.1 Å². The number of ether oxygens (including phenoxy) is 1. The Morgan fingerprint density at radius 3 is 2.75 bits per heavy atom. The third-order valence-corrected chi connectivity index (χ3v) is 3.98. The second-order valence-corrected chi connectivity index (χ2v) is 6.42. The number of methoxy groups -OCH3 is 1. The zero-order valence-electron chi connectivity index (χ0n) is 11.6. The van der Waals surface area contributed by atoms with Crippen molar-refractivity contribution in [3.8, 4) is 0 Å². The Labute approximate surface area is 119 Å². The maximum Gasteiger partial charge on any atom is 0.337 e. The van der Waals surface area contributed by atoms with Gasteiger partial charge in [0.15, 0.2) is 0 Å². The third kappa shape index (κ3) is 5.68. The molecule has 0 aliphatic carbocycles. The van der Waals surface area contributed by atoms with Crippen LogP contribution in [0.5, 0.6) is 0 Å². The molecule has 0 aliphatic heterocycles. The average molecular weight is 300 g/mol. The van der Waals surface area contributed by atoms with E-state index in [1.165, 1.54) is 13.2 Å². The molecule has 1 aromatic carbocycles. The van der Waals surface area contributed by atoms with Gasteiger partial charge >= 0.3 is 5.97 Å². The van der Waals surface area contributed by atoms with Crippen molar-refractivity contribution < 1.29 is 17.9 Å². The van der Waals surface area contributed by atoms with Crippen LogP contribution < -0.4 is 10.5 Å². The van der Waals surface area contributed by atoms with Crippen molar-refractivity contribution in [2.45, 2.75) is 25.1 Å². The zero-order chi connectivity index (χ0) is 15.2. The molecule has 0 saturated heterocycles. The maximum absolute atomic E-state index is 11.9. The number of nitrogens with two attached hydrogens (primary N) is 1. The van der Waals surface area contributed by atoms with Gasteiger partial charge in [0.2, 0.25) is 10.0 Å². The highest BCUT2D eigenvalue weighted by atomic mass is 32.2. The fourth-order valence-electron chi connectivity index (χ4n) is 1.62. The van der Waals surface area contributed by atoms with Crippen LogP contribution in [0.4, 0.5) is 0 Å². The first kappa shape index (κ1) is 16.6. The van der Waals surface area contributed by atoms with Gasteiger partial charge in [0, 0.05) is 12.6 Å². The molecule has 6 nitrogen and oxygen atoms in total. The monoisotopic (exact) mass is 300 g/mol. The van der Waals surface area contributed by atoms with Crippen LogP contribution in [0.15, 0.2) is 24.3 Å². The number of carbonyl (C=O) groups is 1. The zero-order valence-corrected chi connectivity index (χ0v) is 12.4. The molecule has 0 aliphatic rings. The number of nitrogens with one attached hydrogen (secondary N) is 1.